The summed E-state index contributed by atoms with van der Waals surface area (Å²) in [7, 11) is 0. The van der Waals surface area contributed by atoms with Crippen molar-refractivity contribution in [1.82, 2.24) is 10.6 Å². The number of rotatable bonds is 1. The van der Waals surface area contributed by atoms with E-state index in [4.69, 9.17) is 21.7 Å². The summed E-state index contributed by atoms with van der Waals surface area (Å²) < 4.78 is 10.7. The van der Waals surface area contributed by atoms with Gasteiger partial charge < -0.3 is 20.1 Å². The van der Waals surface area contributed by atoms with Gasteiger partial charge in [-0.2, -0.15) is 0 Å². The number of hydrogen-bond donors (Lipinski definition) is 2. The van der Waals surface area contributed by atoms with Crippen molar-refractivity contribution in [2.45, 2.75) is 25.3 Å². The van der Waals surface area contributed by atoms with E-state index in [2.05, 4.69) is 10.6 Å². The maximum absolute atomic E-state index is 12.1. The van der Waals surface area contributed by atoms with Crippen LogP contribution in [0.5, 0.6) is 11.5 Å². The topological polar surface area (TPSA) is 59.6 Å². The third kappa shape index (κ3) is 2.06. The number of ether oxygens (including phenoxy) is 2. The van der Waals surface area contributed by atoms with Gasteiger partial charge in [-0.1, -0.05) is 18.3 Å². The molecule has 0 fully saturated rings. The molecule has 0 radical (unpaired) electrons. The van der Waals surface area contributed by atoms with Crippen LogP contribution >= 0.6 is 12.2 Å². The van der Waals surface area contributed by atoms with Crippen molar-refractivity contribution in [2.24, 2.45) is 0 Å². The Bertz CT molecular complexity index is 683. The van der Waals surface area contributed by atoms with E-state index in [1.807, 2.05) is 18.2 Å². The molecule has 108 valence electrons. The summed E-state index contributed by atoms with van der Waals surface area (Å²) in [5.41, 5.74) is 2.56. The predicted molar refractivity (Wildman–Crippen MR) is 80.1 cm³/mol. The van der Waals surface area contributed by atoms with Crippen LogP contribution in [-0.4, -0.2) is 17.6 Å². The average Bonchev–Trinajstić information content (AvgIpc) is 2.94. The van der Waals surface area contributed by atoms with E-state index in [0.29, 0.717) is 22.9 Å². The molecule has 0 aromatic heterocycles. The standard InChI is InChI=1S/C15H14N2O3S/c18-10-3-1-2-9-14(10)17-13(15(21)16-9)8-4-5-11-12(6-8)20-7-19-11/h4-6,13,17H,1-3,7H2,(H,16,21). The van der Waals surface area contributed by atoms with E-state index < -0.39 is 0 Å². The summed E-state index contributed by atoms with van der Waals surface area (Å²) in [6.07, 6.45) is 2.33. The van der Waals surface area contributed by atoms with Gasteiger partial charge in [0.2, 0.25) is 6.79 Å². The van der Waals surface area contributed by atoms with E-state index in [9.17, 15) is 4.79 Å². The SMILES string of the molecule is O=C1CCCC2=C1NC(c1ccc3c(c1)OCO3)C(=S)N2. The van der Waals surface area contributed by atoms with Gasteiger partial charge in [0.15, 0.2) is 17.3 Å². The van der Waals surface area contributed by atoms with Crippen LogP contribution in [0, 0.1) is 0 Å². The van der Waals surface area contributed by atoms with E-state index in [1.54, 1.807) is 0 Å². The number of thiocarbonyl (C=S) groups is 1. The molecule has 21 heavy (non-hydrogen) atoms. The van der Waals surface area contributed by atoms with Crippen molar-refractivity contribution in [3.63, 3.8) is 0 Å². The predicted octanol–water partition coefficient (Wildman–Crippen LogP) is 1.94. The molecular weight excluding hydrogens is 288 g/mol. The molecule has 1 aliphatic carbocycles. The Balaban J connectivity index is 1.68. The zero-order valence-electron chi connectivity index (χ0n) is 11.3. The molecule has 3 aliphatic rings. The lowest BCUT2D eigenvalue weighted by Gasteiger charge is -2.33. The van der Waals surface area contributed by atoms with Crippen LogP contribution in [0.3, 0.4) is 0 Å². The van der Waals surface area contributed by atoms with Gasteiger partial charge in [-0.3, -0.25) is 4.79 Å². The molecule has 2 N–H and O–H groups in total. The molecule has 1 atom stereocenters. The molecule has 6 heteroatoms. The van der Waals surface area contributed by atoms with Gasteiger partial charge in [0.1, 0.15) is 11.0 Å². The van der Waals surface area contributed by atoms with Crippen LogP contribution in [0.15, 0.2) is 29.6 Å². The molecule has 5 nitrogen and oxygen atoms in total. The average molecular weight is 302 g/mol. The van der Waals surface area contributed by atoms with Crippen molar-refractivity contribution in [1.29, 1.82) is 0 Å². The molecule has 0 amide bonds. The highest BCUT2D eigenvalue weighted by molar-refractivity contribution is 7.80. The smallest absolute Gasteiger partial charge is 0.231 e. The number of nitrogens with one attached hydrogen (secondary N) is 2. The summed E-state index contributed by atoms with van der Waals surface area (Å²) in [6, 6.07) is 5.51. The molecule has 0 saturated carbocycles. The lowest BCUT2D eigenvalue weighted by molar-refractivity contribution is -0.116. The van der Waals surface area contributed by atoms with Crippen molar-refractivity contribution in [3.8, 4) is 11.5 Å². The third-order valence-electron chi connectivity index (χ3n) is 3.97. The number of benzene rings is 1. The molecule has 0 bridgehead atoms. The van der Waals surface area contributed by atoms with Gasteiger partial charge in [-0.25, -0.2) is 0 Å². The number of hydrogen-bond acceptors (Lipinski definition) is 5. The Morgan fingerprint density at radius 2 is 2.05 bits per heavy atom. The number of ketones is 1. The molecule has 2 heterocycles. The fourth-order valence-corrected chi connectivity index (χ4v) is 3.21. The fraction of sp³-hybridized carbons (Fsp3) is 0.333. The highest BCUT2D eigenvalue weighted by atomic mass is 32.1. The minimum Gasteiger partial charge on any atom is -0.454 e. The van der Waals surface area contributed by atoms with Gasteiger partial charge in [-0.05, 0) is 30.5 Å². The third-order valence-corrected chi connectivity index (χ3v) is 4.30. The van der Waals surface area contributed by atoms with Crippen molar-refractivity contribution >= 4 is 23.0 Å². The maximum Gasteiger partial charge on any atom is 0.231 e. The van der Waals surface area contributed by atoms with E-state index in [1.165, 1.54) is 0 Å². The van der Waals surface area contributed by atoms with E-state index >= 15 is 0 Å². The first kappa shape index (κ1) is 12.6. The Morgan fingerprint density at radius 3 is 2.95 bits per heavy atom. The zero-order valence-corrected chi connectivity index (χ0v) is 12.1. The van der Waals surface area contributed by atoms with E-state index in [-0.39, 0.29) is 18.6 Å². The minimum absolute atomic E-state index is 0.150. The summed E-state index contributed by atoms with van der Waals surface area (Å²) in [5, 5.41) is 6.51. The maximum atomic E-state index is 12.1. The first-order valence-corrected chi connectivity index (χ1v) is 7.36. The van der Waals surface area contributed by atoms with Crippen molar-refractivity contribution in [3.05, 3.63) is 35.2 Å². The van der Waals surface area contributed by atoms with Gasteiger partial charge in [0, 0.05) is 12.1 Å². The van der Waals surface area contributed by atoms with E-state index in [0.717, 1.165) is 29.9 Å². The molecule has 2 aliphatic heterocycles. The van der Waals surface area contributed by atoms with Gasteiger partial charge >= 0.3 is 0 Å². The Hall–Kier alpha value is -2.08. The highest BCUT2D eigenvalue weighted by Gasteiger charge is 2.31. The highest BCUT2D eigenvalue weighted by Crippen LogP contribution is 2.36. The summed E-state index contributed by atoms with van der Waals surface area (Å²) in [6.45, 7) is 0.243. The zero-order chi connectivity index (χ0) is 14.4. The molecule has 1 unspecified atom stereocenters. The Morgan fingerprint density at radius 1 is 1.19 bits per heavy atom. The second kappa shape index (κ2) is 4.73. The van der Waals surface area contributed by atoms with Crippen LogP contribution in [0.25, 0.3) is 0 Å². The number of carbonyl (C=O) groups is 1. The largest absolute Gasteiger partial charge is 0.454 e. The van der Waals surface area contributed by atoms with Crippen molar-refractivity contribution < 1.29 is 14.3 Å². The molecule has 1 aromatic rings. The molecule has 0 spiro atoms. The first-order valence-electron chi connectivity index (χ1n) is 6.96. The van der Waals surface area contributed by atoms with Crippen LogP contribution < -0.4 is 20.1 Å². The lowest BCUT2D eigenvalue weighted by atomic mass is 9.95. The Kier molecular flexibility index (Phi) is 2.85. The monoisotopic (exact) mass is 302 g/mol. The molecular formula is C15H14N2O3S. The minimum atomic E-state index is -0.213. The van der Waals surface area contributed by atoms with Crippen molar-refractivity contribution in [2.75, 3.05) is 6.79 Å². The first-order chi connectivity index (χ1) is 10.2. The van der Waals surface area contributed by atoms with Crippen LogP contribution in [0.2, 0.25) is 0 Å². The summed E-state index contributed by atoms with van der Waals surface area (Å²) >= 11 is 5.45. The quantitative estimate of drug-likeness (QED) is 0.773. The summed E-state index contributed by atoms with van der Waals surface area (Å²) in [5.74, 6) is 1.60. The Labute approximate surface area is 127 Å². The van der Waals surface area contributed by atoms with Crippen LogP contribution in [0.4, 0.5) is 0 Å². The second-order valence-corrected chi connectivity index (χ2v) is 5.75. The number of Topliss-reactive ketones (excluding diaryl/α,β-unsaturated/α-hetero) is 1. The second-order valence-electron chi connectivity index (χ2n) is 5.31. The van der Waals surface area contributed by atoms with Crippen LogP contribution in [-0.2, 0) is 4.79 Å². The normalized spacial score (nSPS) is 23.5. The van der Waals surface area contributed by atoms with Gasteiger partial charge in [-0.15, -0.1) is 0 Å². The fourth-order valence-electron chi connectivity index (χ4n) is 2.89. The molecule has 0 saturated heterocycles. The van der Waals surface area contributed by atoms with Gasteiger partial charge in [0.25, 0.3) is 0 Å². The summed E-state index contributed by atoms with van der Waals surface area (Å²) in [4.78, 5) is 12.7. The lowest BCUT2D eigenvalue weighted by Crippen LogP contribution is -2.45. The van der Waals surface area contributed by atoms with Crippen LogP contribution in [0.1, 0.15) is 30.9 Å². The number of fused-ring (bicyclic) bond motifs is 1. The molecule has 4 rings (SSSR count). The van der Waals surface area contributed by atoms with Gasteiger partial charge in [0.05, 0.1) is 5.70 Å². The number of allylic oxidation sites excluding steroid dienone is 2. The number of carbonyl (C=O) groups excluding carboxylic acids is 1. The molecule has 1 aromatic carbocycles.